The first kappa shape index (κ1) is 25.9. The Hall–Kier alpha value is -2.76. The number of amides is 2. The fourth-order valence-corrected chi connectivity index (χ4v) is 4.76. The van der Waals surface area contributed by atoms with Crippen molar-refractivity contribution < 1.29 is 9.59 Å². The minimum atomic E-state index is -0.627. The van der Waals surface area contributed by atoms with Crippen molar-refractivity contribution in [3.05, 3.63) is 101 Å². The average Bonchev–Trinajstić information content (AvgIpc) is 2.82. The Bertz CT molecular complexity index is 1060. The molecule has 0 aliphatic carbocycles. The molecule has 0 saturated heterocycles. The van der Waals surface area contributed by atoms with Crippen LogP contribution in [-0.4, -0.2) is 34.6 Å². The summed E-state index contributed by atoms with van der Waals surface area (Å²) in [5, 5.41) is 3.62. The molecule has 0 aliphatic rings. The van der Waals surface area contributed by atoms with Gasteiger partial charge in [0, 0.05) is 41.1 Å². The summed E-state index contributed by atoms with van der Waals surface area (Å²) in [6.07, 6.45) is 0.776. The normalized spacial score (nSPS) is 11.8. The second kappa shape index (κ2) is 13.2. The second-order valence-electron chi connectivity index (χ2n) is 8.43. The number of carbonyl (C=O) groups excluding carboxylic acids is 2. The molecule has 3 aromatic rings. The zero-order chi connectivity index (χ0) is 24.3. The first-order valence-corrected chi connectivity index (χ1v) is 12.8. The lowest BCUT2D eigenvalue weighted by Gasteiger charge is -2.32. The monoisotopic (exact) mass is 494 g/mol. The SMILES string of the molecule is CC(C)NC(=O)[C@@H](Cc1ccccc1)N(Cc1cccc(Cl)c1)C(=O)CCSc1ccccc1. The van der Waals surface area contributed by atoms with Gasteiger partial charge in [-0.25, -0.2) is 0 Å². The Morgan fingerprint density at radius 1 is 0.912 bits per heavy atom. The minimum absolute atomic E-state index is 0.0254. The van der Waals surface area contributed by atoms with Crippen LogP contribution in [0.3, 0.4) is 0 Å². The number of carbonyl (C=O) groups is 2. The van der Waals surface area contributed by atoms with Gasteiger partial charge in [0.15, 0.2) is 0 Å². The molecule has 3 rings (SSSR count). The van der Waals surface area contributed by atoms with Gasteiger partial charge in [-0.1, -0.05) is 72.3 Å². The van der Waals surface area contributed by atoms with Crippen LogP contribution in [-0.2, 0) is 22.6 Å². The van der Waals surface area contributed by atoms with Crippen LogP contribution < -0.4 is 5.32 Å². The van der Waals surface area contributed by atoms with Gasteiger partial charge in [-0.05, 0) is 49.2 Å². The van der Waals surface area contributed by atoms with Gasteiger partial charge in [0.05, 0.1) is 0 Å². The van der Waals surface area contributed by atoms with E-state index in [-0.39, 0.29) is 17.9 Å². The van der Waals surface area contributed by atoms with Crippen molar-refractivity contribution in [1.29, 1.82) is 0 Å². The molecule has 2 amide bonds. The van der Waals surface area contributed by atoms with Gasteiger partial charge in [0.1, 0.15) is 6.04 Å². The number of benzene rings is 3. The Labute approximate surface area is 211 Å². The molecule has 0 fully saturated rings. The molecule has 0 saturated carbocycles. The van der Waals surface area contributed by atoms with Crippen LogP contribution >= 0.6 is 23.4 Å². The molecule has 6 heteroatoms. The standard InChI is InChI=1S/C28H31ClN2O2S/c1-21(2)30-28(33)26(19-22-10-5-3-6-11-22)31(20-23-12-9-13-24(29)18-23)27(32)16-17-34-25-14-7-4-8-15-25/h3-15,18,21,26H,16-17,19-20H2,1-2H3,(H,30,33)/t26-/m1/s1. The summed E-state index contributed by atoms with van der Waals surface area (Å²) >= 11 is 7.85. The van der Waals surface area contributed by atoms with Crippen molar-refractivity contribution in [3.8, 4) is 0 Å². The zero-order valence-corrected chi connectivity index (χ0v) is 21.2. The molecule has 1 N–H and O–H groups in total. The molecule has 0 aliphatic heterocycles. The molecule has 4 nitrogen and oxygen atoms in total. The van der Waals surface area contributed by atoms with E-state index in [1.54, 1.807) is 22.7 Å². The summed E-state index contributed by atoms with van der Waals surface area (Å²) in [5.74, 6) is 0.437. The summed E-state index contributed by atoms with van der Waals surface area (Å²) in [7, 11) is 0. The predicted molar refractivity (Wildman–Crippen MR) is 141 cm³/mol. The van der Waals surface area contributed by atoms with E-state index >= 15 is 0 Å². The number of hydrogen-bond acceptors (Lipinski definition) is 3. The van der Waals surface area contributed by atoms with E-state index < -0.39 is 6.04 Å². The van der Waals surface area contributed by atoms with Gasteiger partial charge < -0.3 is 10.2 Å². The van der Waals surface area contributed by atoms with Gasteiger partial charge in [0.2, 0.25) is 11.8 Å². The number of halogens is 1. The van der Waals surface area contributed by atoms with Crippen molar-refractivity contribution in [3.63, 3.8) is 0 Å². The minimum Gasteiger partial charge on any atom is -0.352 e. The van der Waals surface area contributed by atoms with Gasteiger partial charge in [-0.3, -0.25) is 9.59 Å². The highest BCUT2D eigenvalue weighted by Gasteiger charge is 2.30. The average molecular weight is 495 g/mol. The highest BCUT2D eigenvalue weighted by atomic mass is 35.5. The van der Waals surface area contributed by atoms with Crippen molar-refractivity contribution in [2.24, 2.45) is 0 Å². The largest absolute Gasteiger partial charge is 0.352 e. The summed E-state index contributed by atoms with van der Waals surface area (Å²) in [4.78, 5) is 29.7. The fraction of sp³-hybridized carbons (Fsp3) is 0.286. The van der Waals surface area contributed by atoms with Crippen molar-refractivity contribution in [1.82, 2.24) is 10.2 Å². The van der Waals surface area contributed by atoms with Crippen molar-refractivity contribution in [2.75, 3.05) is 5.75 Å². The van der Waals surface area contributed by atoms with E-state index in [4.69, 9.17) is 11.6 Å². The molecule has 0 heterocycles. The third kappa shape index (κ3) is 8.23. The van der Waals surface area contributed by atoms with Crippen LogP contribution in [0, 0.1) is 0 Å². The Balaban J connectivity index is 1.85. The Morgan fingerprint density at radius 2 is 1.56 bits per heavy atom. The van der Waals surface area contributed by atoms with Crippen LogP contribution in [0.25, 0.3) is 0 Å². The summed E-state index contributed by atoms with van der Waals surface area (Å²) in [5.41, 5.74) is 1.90. The molecule has 0 unspecified atom stereocenters. The van der Waals surface area contributed by atoms with Crippen LogP contribution in [0.1, 0.15) is 31.4 Å². The number of thioether (sulfide) groups is 1. The highest BCUT2D eigenvalue weighted by Crippen LogP contribution is 2.21. The first-order chi connectivity index (χ1) is 16.4. The van der Waals surface area contributed by atoms with E-state index in [1.807, 2.05) is 92.7 Å². The van der Waals surface area contributed by atoms with Gasteiger partial charge in [0.25, 0.3) is 0 Å². The maximum Gasteiger partial charge on any atom is 0.243 e. The number of rotatable bonds is 11. The van der Waals surface area contributed by atoms with Crippen LogP contribution in [0.15, 0.2) is 89.8 Å². The molecule has 3 aromatic carbocycles. The highest BCUT2D eigenvalue weighted by molar-refractivity contribution is 7.99. The molecule has 34 heavy (non-hydrogen) atoms. The first-order valence-electron chi connectivity index (χ1n) is 11.5. The summed E-state index contributed by atoms with van der Waals surface area (Å²) in [6, 6.07) is 26.7. The molecule has 0 radical (unpaired) electrons. The Kier molecular flexibility index (Phi) is 10.0. The fourth-order valence-electron chi connectivity index (χ4n) is 3.68. The molecule has 1 atom stereocenters. The molecular formula is C28H31ClN2O2S. The summed E-state index contributed by atoms with van der Waals surface area (Å²) < 4.78 is 0. The third-order valence-corrected chi connectivity index (χ3v) is 6.52. The van der Waals surface area contributed by atoms with E-state index in [0.29, 0.717) is 30.2 Å². The predicted octanol–water partition coefficient (Wildman–Crippen LogP) is 5.99. The van der Waals surface area contributed by atoms with E-state index in [2.05, 4.69) is 5.32 Å². The van der Waals surface area contributed by atoms with Crippen molar-refractivity contribution >= 4 is 35.2 Å². The van der Waals surface area contributed by atoms with E-state index in [9.17, 15) is 9.59 Å². The van der Waals surface area contributed by atoms with Crippen LogP contribution in [0.4, 0.5) is 0 Å². The molecule has 0 aromatic heterocycles. The lowest BCUT2D eigenvalue weighted by molar-refractivity contribution is -0.141. The van der Waals surface area contributed by atoms with Gasteiger partial charge in [-0.15, -0.1) is 11.8 Å². The maximum absolute atomic E-state index is 13.5. The number of hydrogen-bond donors (Lipinski definition) is 1. The van der Waals surface area contributed by atoms with Crippen molar-refractivity contribution in [2.45, 2.75) is 50.2 Å². The lowest BCUT2D eigenvalue weighted by Crippen LogP contribution is -2.51. The molecule has 0 bridgehead atoms. The van der Waals surface area contributed by atoms with Crippen LogP contribution in [0.2, 0.25) is 5.02 Å². The lowest BCUT2D eigenvalue weighted by atomic mass is 10.0. The molecular weight excluding hydrogens is 464 g/mol. The molecule has 178 valence electrons. The topological polar surface area (TPSA) is 49.4 Å². The van der Waals surface area contributed by atoms with Gasteiger partial charge in [-0.2, -0.15) is 0 Å². The number of nitrogens with zero attached hydrogens (tertiary/aromatic N) is 1. The number of nitrogens with one attached hydrogen (secondary N) is 1. The maximum atomic E-state index is 13.5. The Morgan fingerprint density at radius 3 is 2.21 bits per heavy atom. The van der Waals surface area contributed by atoms with E-state index in [1.165, 1.54) is 0 Å². The molecule has 0 spiro atoms. The smallest absolute Gasteiger partial charge is 0.243 e. The summed E-state index contributed by atoms with van der Waals surface area (Å²) in [6.45, 7) is 4.17. The quantitative estimate of drug-likeness (QED) is 0.333. The third-order valence-electron chi connectivity index (χ3n) is 5.27. The zero-order valence-electron chi connectivity index (χ0n) is 19.6. The van der Waals surface area contributed by atoms with Crippen LogP contribution in [0.5, 0.6) is 0 Å². The second-order valence-corrected chi connectivity index (χ2v) is 10.0. The van der Waals surface area contributed by atoms with Gasteiger partial charge >= 0.3 is 0 Å². The van der Waals surface area contributed by atoms with E-state index in [0.717, 1.165) is 16.0 Å².